The van der Waals surface area contributed by atoms with Gasteiger partial charge in [-0.25, -0.2) is 0 Å². The molecule has 1 fully saturated rings. The molecule has 2 aliphatic rings. The Bertz CT molecular complexity index is 667. The molecule has 5 heteroatoms. The van der Waals surface area contributed by atoms with E-state index in [0.717, 1.165) is 0 Å². The van der Waals surface area contributed by atoms with Crippen LogP contribution in [0.1, 0.15) is 39.7 Å². The Morgan fingerprint density at radius 1 is 1.26 bits per heavy atom. The first-order valence-corrected chi connectivity index (χ1v) is 8.00. The molecule has 0 radical (unpaired) electrons. The lowest BCUT2D eigenvalue weighted by Gasteiger charge is -2.39. The second kappa shape index (κ2) is 5.14. The molecule has 1 N–H and O–H groups in total. The predicted molar refractivity (Wildman–Crippen MR) is 86.1 cm³/mol. The zero-order valence-corrected chi connectivity index (χ0v) is 14.0. The molecule has 1 saturated heterocycles. The first kappa shape index (κ1) is 16.1. The molecule has 5 nitrogen and oxygen atoms in total. The zero-order chi connectivity index (χ0) is 17.0. The fourth-order valence-corrected chi connectivity index (χ4v) is 3.61. The summed E-state index contributed by atoms with van der Waals surface area (Å²) in [7, 11) is 0. The molecule has 1 amide bonds. The van der Waals surface area contributed by atoms with Crippen LogP contribution in [0.4, 0.5) is 5.69 Å². The highest BCUT2D eigenvalue weighted by Crippen LogP contribution is 2.47. The summed E-state index contributed by atoms with van der Waals surface area (Å²) in [5.74, 6) is -1.43. The Morgan fingerprint density at radius 3 is 2.52 bits per heavy atom. The summed E-state index contributed by atoms with van der Waals surface area (Å²) in [5.41, 5.74) is -1.22. The van der Waals surface area contributed by atoms with Gasteiger partial charge in [0.05, 0.1) is 23.8 Å². The van der Waals surface area contributed by atoms with Crippen molar-refractivity contribution in [3.05, 3.63) is 29.8 Å². The number of ketones is 1. The summed E-state index contributed by atoms with van der Waals surface area (Å²) in [6, 6.07) is 7.04. The number of amides is 1. The van der Waals surface area contributed by atoms with Crippen LogP contribution in [-0.2, 0) is 19.9 Å². The lowest BCUT2D eigenvalue weighted by Crippen LogP contribution is -2.55. The Morgan fingerprint density at radius 2 is 1.91 bits per heavy atom. The number of hydrogen-bond acceptors (Lipinski definition) is 4. The van der Waals surface area contributed by atoms with E-state index in [0.29, 0.717) is 11.3 Å². The third-order valence-electron chi connectivity index (χ3n) is 4.77. The number of benzene rings is 1. The van der Waals surface area contributed by atoms with Crippen molar-refractivity contribution in [2.75, 3.05) is 11.5 Å². The van der Waals surface area contributed by atoms with Crippen LogP contribution in [0.3, 0.4) is 0 Å². The average molecular weight is 317 g/mol. The van der Waals surface area contributed by atoms with Crippen molar-refractivity contribution in [1.29, 1.82) is 0 Å². The van der Waals surface area contributed by atoms with Crippen molar-refractivity contribution in [3.63, 3.8) is 0 Å². The zero-order valence-electron chi connectivity index (χ0n) is 14.0. The highest BCUT2D eigenvalue weighted by atomic mass is 16.5. The van der Waals surface area contributed by atoms with E-state index in [4.69, 9.17) is 4.74 Å². The molecule has 0 aliphatic carbocycles. The number of carbonyl (C=O) groups excluding carboxylic acids is 2. The van der Waals surface area contributed by atoms with Crippen LogP contribution in [0.5, 0.6) is 0 Å². The van der Waals surface area contributed by atoms with Gasteiger partial charge < -0.3 is 14.7 Å². The molecule has 0 spiro atoms. The van der Waals surface area contributed by atoms with E-state index in [9.17, 15) is 14.7 Å². The van der Waals surface area contributed by atoms with Crippen LogP contribution in [0, 0.1) is 5.92 Å². The van der Waals surface area contributed by atoms with E-state index in [2.05, 4.69) is 0 Å². The average Bonchev–Trinajstić information content (AvgIpc) is 2.67. The number of ether oxygens (including phenoxy) is 1. The molecule has 0 saturated carbocycles. The fourth-order valence-electron chi connectivity index (χ4n) is 3.61. The molecule has 0 aromatic heterocycles. The number of Topliss-reactive ketones (excluding diaryl/α,β-unsaturated/α-hetero) is 1. The fraction of sp³-hybridized carbons (Fsp3) is 0.556. The molecule has 0 bridgehead atoms. The maximum atomic E-state index is 13.0. The normalized spacial score (nSPS) is 30.0. The standard InChI is InChI=1S/C18H23NO4/c1-11(2)19-14-8-6-5-7-12(14)18(22,16(19)21)13-10-23-17(3,4)9-15(13)20/h5-8,11,13,22H,9-10H2,1-4H3/t13-,18+/m1/s1. The molecular formula is C18H23NO4. The highest BCUT2D eigenvalue weighted by Gasteiger charge is 2.58. The van der Waals surface area contributed by atoms with Crippen LogP contribution in [0.25, 0.3) is 0 Å². The van der Waals surface area contributed by atoms with Gasteiger partial charge in [0.25, 0.3) is 5.91 Å². The third-order valence-corrected chi connectivity index (χ3v) is 4.77. The van der Waals surface area contributed by atoms with Crippen LogP contribution in [-0.4, -0.2) is 35.0 Å². The second-order valence-corrected chi connectivity index (χ2v) is 7.32. The Kier molecular flexibility index (Phi) is 3.61. The number of anilines is 1. The summed E-state index contributed by atoms with van der Waals surface area (Å²) < 4.78 is 5.73. The van der Waals surface area contributed by atoms with Gasteiger partial charge in [-0.3, -0.25) is 9.59 Å². The maximum Gasteiger partial charge on any atom is 0.264 e. The van der Waals surface area contributed by atoms with E-state index >= 15 is 0 Å². The number of aliphatic hydroxyl groups is 1. The van der Waals surface area contributed by atoms with Gasteiger partial charge in [0.15, 0.2) is 5.60 Å². The van der Waals surface area contributed by atoms with Crippen LogP contribution >= 0.6 is 0 Å². The number of para-hydroxylation sites is 1. The maximum absolute atomic E-state index is 13.0. The van der Waals surface area contributed by atoms with Crippen molar-refractivity contribution in [1.82, 2.24) is 0 Å². The monoisotopic (exact) mass is 317 g/mol. The number of carbonyl (C=O) groups is 2. The van der Waals surface area contributed by atoms with Gasteiger partial charge in [-0.2, -0.15) is 0 Å². The minimum atomic E-state index is -1.84. The van der Waals surface area contributed by atoms with Gasteiger partial charge in [0.2, 0.25) is 0 Å². The van der Waals surface area contributed by atoms with Gasteiger partial charge in [-0.1, -0.05) is 18.2 Å². The summed E-state index contributed by atoms with van der Waals surface area (Å²) in [5, 5.41) is 11.3. The van der Waals surface area contributed by atoms with Crippen LogP contribution < -0.4 is 4.90 Å². The third kappa shape index (κ3) is 2.30. The summed E-state index contributed by atoms with van der Waals surface area (Å²) in [6.45, 7) is 7.52. The Labute approximate surface area is 136 Å². The molecule has 1 aromatic carbocycles. The second-order valence-electron chi connectivity index (χ2n) is 7.32. The van der Waals surface area contributed by atoms with E-state index < -0.39 is 23.0 Å². The van der Waals surface area contributed by atoms with Crippen molar-refractivity contribution in [2.45, 2.75) is 51.4 Å². The molecule has 1 aromatic rings. The van der Waals surface area contributed by atoms with Gasteiger partial charge >= 0.3 is 0 Å². The first-order valence-electron chi connectivity index (χ1n) is 8.00. The van der Waals surface area contributed by atoms with E-state index in [-0.39, 0.29) is 24.9 Å². The first-order chi connectivity index (χ1) is 10.7. The summed E-state index contributed by atoms with van der Waals surface area (Å²) in [6.07, 6.45) is 0.192. The molecule has 2 aliphatic heterocycles. The van der Waals surface area contributed by atoms with E-state index in [1.54, 1.807) is 17.0 Å². The van der Waals surface area contributed by atoms with Crippen LogP contribution in [0.2, 0.25) is 0 Å². The van der Waals surface area contributed by atoms with Gasteiger partial charge in [-0.15, -0.1) is 0 Å². The van der Waals surface area contributed by atoms with Crippen LogP contribution in [0.15, 0.2) is 24.3 Å². The molecule has 2 heterocycles. The van der Waals surface area contributed by atoms with Gasteiger partial charge in [0.1, 0.15) is 5.78 Å². The lowest BCUT2D eigenvalue weighted by atomic mass is 9.76. The molecule has 2 atom stereocenters. The minimum Gasteiger partial charge on any atom is -0.375 e. The minimum absolute atomic E-state index is 0.0499. The molecular weight excluding hydrogens is 294 g/mol. The topological polar surface area (TPSA) is 66.8 Å². The van der Waals surface area contributed by atoms with Gasteiger partial charge in [0, 0.05) is 18.0 Å². The van der Waals surface area contributed by atoms with E-state index in [1.807, 2.05) is 39.8 Å². The number of rotatable bonds is 2. The van der Waals surface area contributed by atoms with Crippen molar-refractivity contribution in [3.8, 4) is 0 Å². The van der Waals surface area contributed by atoms with Crippen molar-refractivity contribution in [2.24, 2.45) is 5.92 Å². The van der Waals surface area contributed by atoms with Crippen molar-refractivity contribution >= 4 is 17.4 Å². The highest BCUT2D eigenvalue weighted by molar-refractivity contribution is 6.10. The number of hydrogen-bond donors (Lipinski definition) is 1. The molecule has 0 unspecified atom stereocenters. The SMILES string of the molecule is CC(C)N1C(=O)[C@@](O)([C@@H]2COC(C)(C)CC2=O)c2ccccc21. The quantitative estimate of drug-likeness (QED) is 0.906. The summed E-state index contributed by atoms with van der Waals surface area (Å²) >= 11 is 0. The van der Waals surface area contributed by atoms with Crippen molar-refractivity contribution < 1.29 is 19.4 Å². The molecule has 3 rings (SSSR count). The molecule has 124 valence electrons. The lowest BCUT2D eigenvalue weighted by molar-refractivity contribution is -0.172. The van der Waals surface area contributed by atoms with E-state index in [1.165, 1.54) is 0 Å². The Hall–Kier alpha value is -1.72. The largest absolute Gasteiger partial charge is 0.375 e. The number of nitrogens with zero attached hydrogens (tertiary/aromatic N) is 1. The number of fused-ring (bicyclic) bond motifs is 1. The smallest absolute Gasteiger partial charge is 0.264 e. The summed E-state index contributed by atoms with van der Waals surface area (Å²) in [4.78, 5) is 27.2. The molecule has 23 heavy (non-hydrogen) atoms. The van der Waals surface area contributed by atoms with Gasteiger partial charge in [-0.05, 0) is 33.8 Å². The Balaban J connectivity index is 2.08. The predicted octanol–water partition coefficient (Wildman–Crippen LogP) is 2.01.